The van der Waals surface area contributed by atoms with Gasteiger partial charge in [-0.1, -0.05) is 48.5 Å². The first kappa shape index (κ1) is 37.4. The number of halogens is 1. The molecule has 6 aliphatic rings. The van der Waals surface area contributed by atoms with Crippen LogP contribution in [0.5, 0.6) is 5.75 Å². The maximum atomic E-state index is 16.1. The van der Waals surface area contributed by atoms with Crippen molar-refractivity contribution in [2.45, 2.75) is 75.2 Å². The van der Waals surface area contributed by atoms with Crippen molar-refractivity contribution in [1.82, 2.24) is 20.0 Å². The average molecular weight is 796 g/mol. The van der Waals surface area contributed by atoms with Crippen LogP contribution >= 0.6 is 0 Å². The van der Waals surface area contributed by atoms with Crippen molar-refractivity contribution in [1.29, 1.82) is 0 Å². The van der Waals surface area contributed by atoms with Crippen LogP contribution in [0.4, 0.5) is 10.1 Å². The summed E-state index contributed by atoms with van der Waals surface area (Å²) in [6.45, 7) is 2.53. The van der Waals surface area contributed by atoms with Crippen molar-refractivity contribution >= 4 is 35.2 Å². The van der Waals surface area contributed by atoms with Gasteiger partial charge in [0.05, 0.1) is 24.2 Å². The van der Waals surface area contributed by atoms with Crippen LogP contribution in [0.15, 0.2) is 84.9 Å². The largest absolute Gasteiger partial charge is 0.508 e. The van der Waals surface area contributed by atoms with Crippen LogP contribution < -0.4 is 10.2 Å². The molecule has 1 aliphatic carbocycles. The van der Waals surface area contributed by atoms with Gasteiger partial charge in [-0.25, -0.2) is 4.39 Å². The number of phenols is 1. The van der Waals surface area contributed by atoms with Gasteiger partial charge in [-0.2, -0.15) is 0 Å². The lowest BCUT2D eigenvalue weighted by molar-refractivity contribution is -0.152. The van der Waals surface area contributed by atoms with Crippen LogP contribution in [0, 0.1) is 5.92 Å². The Morgan fingerprint density at radius 1 is 0.763 bits per heavy atom. The second-order valence-corrected chi connectivity index (χ2v) is 17.4. The molecule has 11 nitrogen and oxygen atoms in total. The number of hydrogen-bond acceptors (Lipinski definition) is 8. The van der Waals surface area contributed by atoms with Gasteiger partial charge in [-0.05, 0) is 108 Å². The topological polar surface area (TPSA) is 131 Å². The summed E-state index contributed by atoms with van der Waals surface area (Å²) in [6.07, 6.45) is 3.49. The summed E-state index contributed by atoms with van der Waals surface area (Å²) >= 11 is 0. The molecule has 2 N–H and O–H groups in total. The first-order chi connectivity index (χ1) is 28.5. The summed E-state index contributed by atoms with van der Waals surface area (Å²) < 4.78 is 16.1. The number of nitrogens with one attached hydrogen (secondary N) is 1. The second kappa shape index (κ2) is 14.4. The van der Waals surface area contributed by atoms with Crippen molar-refractivity contribution in [2.75, 3.05) is 37.6 Å². The molecule has 0 bridgehead atoms. The van der Waals surface area contributed by atoms with Gasteiger partial charge in [0.2, 0.25) is 17.7 Å². The third-order valence-electron chi connectivity index (χ3n) is 13.6. The number of amides is 5. The number of alkyl halides is 1. The fourth-order valence-corrected chi connectivity index (χ4v) is 10.7. The number of imide groups is 2. The first-order valence-electron chi connectivity index (χ1n) is 20.8. The molecule has 4 aromatic carbocycles. The number of rotatable bonds is 7. The highest BCUT2D eigenvalue weighted by Gasteiger charge is 2.50. The van der Waals surface area contributed by atoms with Crippen molar-refractivity contribution in [2.24, 2.45) is 5.92 Å². The predicted octanol–water partition coefficient (Wildman–Crippen LogP) is 5.44. The van der Waals surface area contributed by atoms with Gasteiger partial charge in [-0.15, -0.1) is 0 Å². The zero-order valence-corrected chi connectivity index (χ0v) is 32.7. The molecule has 3 fully saturated rings. The minimum atomic E-state index is -1.55. The number of benzene rings is 4. The summed E-state index contributed by atoms with van der Waals surface area (Å²) in [5.41, 5.74) is 6.75. The highest BCUT2D eigenvalue weighted by molar-refractivity contribution is 6.23. The molecule has 3 atom stereocenters. The van der Waals surface area contributed by atoms with Gasteiger partial charge < -0.3 is 14.9 Å². The Morgan fingerprint density at radius 3 is 2.10 bits per heavy atom. The summed E-state index contributed by atoms with van der Waals surface area (Å²) in [4.78, 5) is 71.1. The number of aromatic hydroxyl groups is 1. The molecule has 12 heteroatoms. The molecule has 3 saturated heterocycles. The molecule has 5 heterocycles. The summed E-state index contributed by atoms with van der Waals surface area (Å²) in [7, 11) is 0. The number of carbonyl (C=O) groups excluding carboxylic acids is 5. The Morgan fingerprint density at radius 2 is 1.44 bits per heavy atom. The number of fused-ring (bicyclic) bond motifs is 3. The van der Waals surface area contributed by atoms with E-state index in [4.69, 9.17) is 0 Å². The number of carbonyl (C=O) groups is 5. The minimum absolute atomic E-state index is 0.0148. The molecule has 4 aromatic rings. The zero-order chi connectivity index (χ0) is 40.6. The van der Waals surface area contributed by atoms with Gasteiger partial charge in [0.1, 0.15) is 11.8 Å². The smallest absolute Gasteiger partial charge is 0.262 e. The Kier molecular flexibility index (Phi) is 9.15. The molecule has 0 saturated carbocycles. The number of piperidine rings is 2. The van der Waals surface area contributed by atoms with Crippen molar-refractivity contribution in [3.05, 3.63) is 129 Å². The van der Waals surface area contributed by atoms with Crippen LogP contribution in [0.1, 0.15) is 98.0 Å². The maximum absolute atomic E-state index is 16.1. The SMILES string of the molecule is O=C1CCC(N2C(=O)c3cc4c(cc3C2=O)CN(CC2(F)CN(C(=O)C3CCN(c5ccc([C@@H]6c7ccc(O)cc7CC[C@@H]6c6ccccc6)cc5)CC3)C2)C4)C(=O)N1. The molecular weight excluding hydrogens is 750 g/mol. The third-order valence-corrected chi connectivity index (χ3v) is 13.6. The molecule has 0 spiro atoms. The lowest BCUT2D eigenvalue weighted by Gasteiger charge is -2.47. The van der Waals surface area contributed by atoms with Gasteiger partial charge in [-0.3, -0.25) is 39.1 Å². The van der Waals surface area contributed by atoms with Gasteiger partial charge in [0, 0.05) is 56.7 Å². The number of phenolic OH excluding ortho intramolecular Hbond substituents is 1. The van der Waals surface area contributed by atoms with E-state index in [0.29, 0.717) is 37.6 Å². The molecule has 5 aliphatic heterocycles. The Bertz CT molecular complexity index is 2340. The Hall–Kier alpha value is -5.88. The normalized spacial score (nSPS) is 24.1. The van der Waals surface area contributed by atoms with E-state index >= 15 is 4.39 Å². The standard InChI is InChI=1S/C47H46FN5O6/c48-47(25-50-23-32-21-38-39(22-33(32)24-50)46(59)53(45(38)58)40-14-15-41(55)49-43(40)56)26-52(27-47)44(57)30-16-18-51(19-17-30)34-9-6-29(7-10-34)42-36(28-4-2-1-3-5-28)12-8-31-20-35(54)11-13-37(31)42/h1-7,9-11,13,20-22,30,36,40,42,54H,8,12,14-19,23-27H2,(H,49,55,56)/t36-,40?,42+/m1/s1. The van der Waals surface area contributed by atoms with E-state index in [9.17, 15) is 29.1 Å². The monoisotopic (exact) mass is 795 g/mol. The summed E-state index contributed by atoms with van der Waals surface area (Å²) in [5.74, 6) is -1.50. The van der Waals surface area contributed by atoms with E-state index in [-0.39, 0.29) is 61.3 Å². The van der Waals surface area contributed by atoms with Crippen LogP contribution in [0.25, 0.3) is 0 Å². The van der Waals surface area contributed by atoms with E-state index in [1.54, 1.807) is 23.1 Å². The van der Waals surface area contributed by atoms with E-state index in [0.717, 1.165) is 47.6 Å². The fraction of sp³-hybridized carbons (Fsp3) is 0.383. The number of anilines is 1. The summed E-state index contributed by atoms with van der Waals surface area (Å²) in [5, 5.41) is 12.4. The zero-order valence-electron chi connectivity index (χ0n) is 32.7. The molecule has 1 unspecified atom stereocenters. The van der Waals surface area contributed by atoms with E-state index in [1.807, 2.05) is 11.0 Å². The molecule has 59 heavy (non-hydrogen) atoms. The van der Waals surface area contributed by atoms with Crippen LogP contribution in [-0.2, 0) is 33.9 Å². The summed E-state index contributed by atoms with van der Waals surface area (Å²) in [6, 6.07) is 27.7. The number of aryl methyl sites for hydroxylation is 1. The highest BCUT2D eigenvalue weighted by Crippen LogP contribution is 2.47. The Balaban J connectivity index is 0.729. The van der Waals surface area contributed by atoms with Crippen molar-refractivity contribution < 1.29 is 33.5 Å². The van der Waals surface area contributed by atoms with Gasteiger partial charge in [0.15, 0.2) is 5.67 Å². The fourth-order valence-electron chi connectivity index (χ4n) is 10.7. The van der Waals surface area contributed by atoms with Crippen molar-refractivity contribution in [3.8, 4) is 5.75 Å². The molecule has 0 aromatic heterocycles. The van der Waals surface area contributed by atoms with E-state index in [2.05, 4.69) is 70.9 Å². The van der Waals surface area contributed by atoms with Crippen molar-refractivity contribution in [3.63, 3.8) is 0 Å². The van der Waals surface area contributed by atoms with E-state index in [1.165, 1.54) is 22.3 Å². The molecule has 0 radical (unpaired) electrons. The minimum Gasteiger partial charge on any atom is -0.508 e. The first-order valence-corrected chi connectivity index (χ1v) is 20.8. The Labute approximate surface area is 341 Å². The molecular formula is C47H46FN5O6. The quantitative estimate of drug-likeness (QED) is 0.237. The maximum Gasteiger partial charge on any atom is 0.262 e. The number of likely N-dealkylation sites (tertiary alicyclic amines) is 1. The van der Waals surface area contributed by atoms with Gasteiger partial charge >= 0.3 is 0 Å². The lowest BCUT2D eigenvalue weighted by Crippen LogP contribution is -2.65. The lowest BCUT2D eigenvalue weighted by atomic mass is 9.69. The van der Waals surface area contributed by atoms with Crippen LogP contribution in [-0.4, -0.2) is 93.8 Å². The molecule has 302 valence electrons. The van der Waals surface area contributed by atoms with E-state index < -0.39 is 35.3 Å². The number of nitrogens with zero attached hydrogens (tertiary/aromatic N) is 4. The number of hydrogen-bond donors (Lipinski definition) is 2. The highest BCUT2D eigenvalue weighted by atomic mass is 19.1. The molecule has 10 rings (SSSR count). The predicted molar refractivity (Wildman–Crippen MR) is 216 cm³/mol. The van der Waals surface area contributed by atoms with Crippen LogP contribution in [0.3, 0.4) is 0 Å². The second-order valence-electron chi connectivity index (χ2n) is 17.4. The third kappa shape index (κ3) is 6.67. The molecule has 5 amide bonds. The van der Waals surface area contributed by atoms with Gasteiger partial charge in [0.25, 0.3) is 11.8 Å². The van der Waals surface area contributed by atoms with Crippen LogP contribution in [0.2, 0.25) is 0 Å². The average Bonchev–Trinajstić information content (AvgIpc) is 3.73.